The molecule has 0 spiro atoms. The number of benzene rings is 1. The number of hydrogen-bond donors (Lipinski definition) is 2. The predicted octanol–water partition coefficient (Wildman–Crippen LogP) is 5.43. The van der Waals surface area contributed by atoms with Gasteiger partial charge in [0.25, 0.3) is 5.89 Å². The molecule has 36 heavy (non-hydrogen) atoms. The average molecular weight is 505 g/mol. The number of halogens is 3. The van der Waals surface area contributed by atoms with E-state index in [0.29, 0.717) is 11.3 Å². The molecule has 0 aliphatic heterocycles. The van der Waals surface area contributed by atoms with E-state index in [1.54, 1.807) is 13.1 Å². The zero-order valence-corrected chi connectivity index (χ0v) is 20.8. The van der Waals surface area contributed by atoms with Crippen LogP contribution in [0.4, 0.5) is 19.0 Å². The molecule has 0 aliphatic rings. The molecule has 3 aromatic rings. The van der Waals surface area contributed by atoms with Crippen LogP contribution in [-0.2, 0) is 6.42 Å². The number of ether oxygens (including phenoxy) is 1. The maximum absolute atomic E-state index is 12.1. The standard InChI is InChI=1S/C15H14F3N3O2.C10H17N3/c1-9(2)8-12(19-3)14-20-13(21-23-14)10-4-6-11(7-5-10)22-15(16,17)18;1-2-9-4-5-10(13-8-9)12-7-3-6-11/h4-8H,1-3H3;4-5,8H,2-3,6-7,11H2,1H3,(H,12,13). The summed E-state index contributed by atoms with van der Waals surface area (Å²) in [6.45, 7) is 7.55. The van der Waals surface area contributed by atoms with Crippen LogP contribution in [0.25, 0.3) is 11.4 Å². The molecule has 3 N–H and O–H groups in total. The van der Waals surface area contributed by atoms with Gasteiger partial charge in [0.15, 0.2) is 0 Å². The minimum absolute atomic E-state index is 0.235. The fourth-order valence-electron chi connectivity index (χ4n) is 2.80. The van der Waals surface area contributed by atoms with Gasteiger partial charge in [-0.15, -0.1) is 13.2 Å². The summed E-state index contributed by atoms with van der Waals surface area (Å²) in [6.07, 6.45) is 0.993. The van der Waals surface area contributed by atoms with Gasteiger partial charge in [-0.25, -0.2) is 4.98 Å². The molecule has 0 aliphatic carbocycles. The predicted molar refractivity (Wildman–Crippen MR) is 134 cm³/mol. The summed E-state index contributed by atoms with van der Waals surface area (Å²) in [5, 5.41) is 7.01. The largest absolute Gasteiger partial charge is 0.573 e. The van der Waals surface area contributed by atoms with E-state index in [2.05, 4.69) is 43.2 Å². The molecule has 0 bridgehead atoms. The Labute approximate surface area is 208 Å². The lowest BCUT2D eigenvalue weighted by Crippen LogP contribution is -2.16. The number of nitrogens with one attached hydrogen (secondary N) is 1. The number of nitrogens with zero attached hydrogens (tertiary/aromatic N) is 4. The molecule has 2 heterocycles. The molecule has 8 nitrogen and oxygen atoms in total. The fourth-order valence-corrected chi connectivity index (χ4v) is 2.80. The van der Waals surface area contributed by atoms with E-state index in [1.165, 1.54) is 29.8 Å². The van der Waals surface area contributed by atoms with Crippen molar-refractivity contribution in [1.82, 2.24) is 15.1 Å². The number of alkyl halides is 3. The molecule has 3 rings (SSSR count). The first-order valence-corrected chi connectivity index (χ1v) is 11.4. The Morgan fingerprint density at radius 3 is 2.42 bits per heavy atom. The molecule has 194 valence electrons. The second-order valence-electron chi connectivity index (χ2n) is 7.80. The number of hydrogen-bond acceptors (Lipinski definition) is 8. The van der Waals surface area contributed by atoms with Gasteiger partial charge in [-0.2, -0.15) is 4.98 Å². The summed E-state index contributed by atoms with van der Waals surface area (Å²) >= 11 is 0. The fraction of sp³-hybridized carbons (Fsp3) is 0.360. The Bertz CT molecular complexity index is 1120. The number of rotatable bonds is 9. The Morgan fingerprint density at radius 2 is 1.89 bits per heavy atom. The van der Waals surface area contributed by atoms with Gasteiger partial charge in [0.05, 0.1) is 0 Å². The molecular weight excluding hydrogens is 473 g/mol. The third-order valence-electron chi connectivity index (χ3n) is 4.58. The molecule has 0 atom stereocenters. The van der Waals surface area contributed by atoms with Gasteiger partial charge in [-0.3, -0.25) is 4.99 Å². The highest BCUT2D eigenvalue weighted by Crippen LogP contribution is 2.25. The van der Waals surface area contributed by atoms with Crippen molar-refractivity contribution in [1.29, 1.82) is 0 Å². The van der Waals surface area contributed by atoms with E-state index in [4.69, 9.17) is 10.3 Å². The molecule has 0 fully saturated rings. The molecule has 11 heteroatoms. The highest BCUT2D eigenvalue weighted by Gasteiger charge is 2.31. The molecule has 0 radical (unpaired) electrons. The minimum Gasteiger partial charge on any atom is -0.406 e. The summed E-state index contributed by atoms with van der Waals surface area (Å²) in [5.74, 6) is 1.11. The highest BCUT2D eigenvalue weighted by molar-refractivity contribution is 6.05. The lowest BCUT2D eigenvalue weighted by atomic mass is 10.2. The summed E-state index contributed by atoms with van der Waals surface area (Å²) in [6, 6.07) is 9.30. The molecule has 1 aromatic carbocycles. The smallest absolute Gasteiger partial charge is 0.406 e. The number of aromatic nitrogens is 3. The van der Waals surface area contributed by atoms with Crippen molar-refractivity contribution in [2.75, 3.05) is 25.5 Å². The quantitative estimate of drug-likeness (QED) is 0.295. The van der Waals surface area contributed by atoms with E-state index in [-0.39, 0.29) is 17.5 Å². The van der Waals surface area contributed by atoms with Crippen molar-refractivity contribution >= 4 is 11.5 Å². The number of nitrogens with two attached hydrogens (primary N) is 1. The van der Waals surface area contributed by atoms with Gasteiger partial charge in [-0.1, -0.05) is 23.7 Å². The van der Waals surface area contributed by atoms with Crippen LogP contribution in [0.3, 0.4) is 0 Å². The minimum atomic E-state index is -4.72. The van der Waals surface area contributed by atoms with Crippen molar-refractivity contribution in [3.8, 4) is 17.1 Å². The highest BCUT2D eigenvalue weighted by atomic mass is 19.4. The normalized spacial score (nSPS) is 11.4. The zero-order valence-electron chi connectivity index (χ0n) is 20.8. The number of anilines is 1. The summed E-state index contributed by atoms with van der Waals surface area (Å²) < 4.78 is 45.3. The Morgan fingerprint density at radius 1 is 1.17 bits per heavy atom. The third kappa shape index (κ3) is 9.87. The number of pyridine rings is 1. The zero-order chi connectivity index (χ0) is 26.6. The van der Waals surface area contributed by atoms with Crippen LogP contribution < -0.4 is 15.8 Å². The first-order valence-electron chi connectivity index (χ1n) is 11.4. The topological polar surface area (TPSA) is 111 Å². The van der Waals surface area contributed by atoms with Crippen molar-refractivity contribution in [2.45, 2.75) is 40.0 Å². The van der Waals surface area contributed by atoms with Crippen molar-refractivity contribution in [3.05, 3.63) is 65.7 Å². The summed E-state index contributed by atoms with van der Waals surface area (Å²) in [7, 11) is 1.60. The van der Waals surface area contributed by atoms with Gasteiger partial charge in [0.1, 0.15) is 17.3 Å². The van der Waals surface area contributed by atoms with Crippen LogP contribution in [0, 0.1) is 0 Å². The van der Waals surface area contributed by atoms with E-state index in [0.717, 1.165) is 37.3 Å². The Balaban J connectivity index is 0.000000297. The third-order valence-corrected chi connectivity index (χ3v) is 4.58. The van der Waals surface area contributed by atoms with Crippen LogP contribution in [0.1, 0.15) is 38.6 Å². The maximum atomic E-state index is 12.1. The number of allylic oxidation sites excluding steroid dienone is 2. The monoisotopic (exact) mass is 504 g/mol. The number of aryl methyl sites for hydroxylation is 1. The van der Waals surface area contributed by atoms with Crippen LogP contribution in [0.15, 0.2) is 63.8 Å². The van der Waals surface area contributed by atoms with Gasteiger partial charge in [0.2, 0.25) is 5.82 Å². The van der Waals surface area contributed by atoms with Crippen LogP contribution >= 0.6 is 0 Å². The molecule has 0 saturated carbocycles. The van der Waals surface area contributed by atoms with Gasteiger partial charge in [0, 0.05) is 25.4 Å². The lowest BCUT2D eigenvalue weighted by molar-refractivity contribution is -0.274. The molecule has 0 saturated heterocycles. The molecule has 2 aromatic heterocycles. The first-order chi connectivity index (χ1) is 17.1. The van der Waals surface area contributed by atoms with Crippen molar-refractivity contribution < 1.29 is 22.4 Å². The van der Waals surface area contributed by atoms with E-state index >= 15 is 0 Å². The molecule has 0 unspecified atom stereocenters. The van der Waals surface area contributed by atoms with E-state index in [1.807, 2.05) is 26.1 Å². The molecular formula is C25H31F3N6O2. The van der Waals surface area contributed by atoms with Crippen LogP contribution in [-0.4, -0.2) is 47.3 Å². The van der Waals surface area contributed by atoms with Crippen molar-refractivity contribution in [3.63, 3.8) is 0 Å². The average Bonchev–Trinajstić information content (AvgIpc) is 3.33. The van der Waals surface area contributed by atoms with Crippen LogP contribution in [0.5, 0.6) is 5.75 Å². The van der Waals surface area contributed by atoms with Crippen LogP contribution in [0.2, 0.25) is 0 Å². The summed E-state index contributed by atoms with van der Waals surface area (Å²) in [4.78, 5) is 12.5. The number of aliphatic imine (C=N–C) groups is 1. The Hall–Kier alpha value is -3.73. The Kier molecular flexibility index (Phi) is 11.1. The SMILES string of the molecule is CCc1ccc(NCCCN)nc1.CN=C(C=C(C)C)c1nc(-c2ccc(OC(F)(F)F)cc2)no1. The van der Waals surface area contributed by atoms with Crippen molar-refractivity contribution in [2.24, 2.45) is 10.7 Å². The second-order valence-corrected chi connectivity index (χ2v) is 7.80. The second kappa shape index (κ2) is 14.0. The maximum Gasteiger partial charge on any atom is 0.573 e. The molecule has 0 amide bonds. The summed E-state index contributed by atoms with van der Waals surface area (Å²) in [5.41, 5.74) is 8.69. The van der Waals surface area contributed by atoms with E-state index < -0.39 is 6.36 Å². The van der Waals surface area contributed by atoms with Gasteiger partial charge < -0.3 is 20.3 Å². The van der Waals surface area contributed by atoms with E-state index in [9.17, 15) is 13.2 Å². The lowest BCUT2D eigenvalue weighted by Gasteiger charge is -2.08. The first kappa shape index (κ1) is 28.5. The van der Waals surface area contributed by atoms with Gasteiger partial charge >= 0.3 is 6.36 Å². The van der Waals surface area contributed by atoms with Gasteiger partial charge in [-0.05, 0) is 75.2 Å².